The number of aromatic nitrogens is 1. The average Bonchev–Trinajstić information content (AvgIpc) is 2.99. The van der Waals surface area contributed by atoms with E-state index in [0.29, 0.717) is 32.7 Å². The number of aromatic amines is 1. The summed E-state index contributed by atoms with van der Waals surface area (Å²) in [5.74, 6) is 0. The molecule has 1 saturated heterocycles. The molecule has 1 fully saturated rings. The maximum absolute atomic E-state index is 12.5. The Hall–Kier alpha value is -2.05. The number of hydrogen-bond donors (Lipinski definition) is 3. The zero-order valence-electron chi connectivity index (χ0n) is 14.9. The molecule has 1 aliphatic heterocycles. The lowest BCUT2D eigenvalue weighted by atomic mass is 10.1. The van der Waals surface area contributed by atoms with Crippen LogP contribution >= 0.6 is 0 Å². The number of carbonyl (C=O) groups excluding carboxylic acids is 1. The van der Waals surface area contributed by atoms with Crippen molar-refractivity contribution in [1.29, 1.82) is 0 Å². The number of hydrogen-bond acceptors (Lipinski definition) is 3. The van der Waals surface area contributed by atoms with Gasteiger partial charge in [0.2, 0.25) is 0 Å². The summed E-state index contributed by atoms with van der Waals surface area (Å²) in [5.41, 5.74) is 3.59. The fourth-order valence-electron chi connectivity index (χ4n) is 3.49. The molecule has 0 bridgehead atoms. The normalized spacial score (nSPS) is 19.2. The molecule has 1 aromatic carbocycles. The summed E-state index contributed by atoms with van der Waals surface area (Å²) in [6.07, 6.45) is 2.89. The van der Waals surface area contributed by atoms with Gasteiger partial charge in [0.25, 0.3) is 0 Å². The molecule has 0 unspecified atom stereocenters. The van der Waals surface area contributed by atoms with Gasteiger partial charge in [0.15, 0.2) is 0 Å². The zero-order valence-corrected chi connectivity index (χ0v) is 14.9. The molecular formula is C19H27N3O3. The molecule has 6 nitrogen and oxygen atoms in total. The highest BCUT2D eigenvalue weighted by Crippen LogP contribution is 2.21. The number of nitrogens with one attached hydrogen (secondary N) is 2. The number of rotatable bonds is 5. The number of H-pyrrole nitrogens is 1. The van der Waals surface area contributed by atoms with E-state index in [1.165, 1.54) is 16.5 Å². The minimum absolute atomic E-state index is 0.0653. The van der Waals surface area contributed by atoms with Crippen molar-refractivity contribution in [2.45, 2.75) is 38.8 Å². The molecule has 1 aliphatic rings. The second-order valence-corrected chi connectivity index (χ2v) is 6.80. The smallest absolute Gasteiger partial charge is 0.317 e. The number of nitrogens with zero attached hydrogens (tertiary/aromatic N) is 1. The highest BCUT2D eigenvalue weighted by atomic mass is 16.5. The topological polar surface area (TPSA) is 77.6 Å². The maximum atomic E-state index is 12.5. The van der Waals surface area contributed by atoms with E-state index in [0.717, 1.165) is 11.9 Å². The summed E-state index contributed by atoms with van der Waals surface area (Å²) in [6.45, 7) is 6.01. The molecule has 2 aromatic rings. The monoisotopic (exact) mass is 345 g/mol. The highest BCUT2D eigenvalue weighted by molar-refractivity contribution is 5.86. The predicted octanol–water partition coefficient (Wildman–Crippen LogP) is 2.20. The molecule has 136 valence electrons. The van der Waals surface area contributed by atoms with E-state index in [1.807, 2.05) is 6.20 Å². The van der Waals surface area contributed by atoms with Crippen molar-refractivity contribution in [3.05, 3.63) is 35.5 Å². The van der Waals surface area contributed by atoms with Crippen molar-refractivity contribution in [2.75, 3.05) is 26.3 Å². The summed E-state index contributed by atoms with van der Waals surface area (Å²) in [6, 6.07) is 6.11. The highest BCUT2D eigenvalue weighted by Gasteiger charge is 2.28. The molecule has 2 atom stereocenters. The molecular weight excluding hydrogens is 318 g/mol. The molecule has 6 heteroatoms. The Balaban J connectivity index is 1.57. The van der Waals surface area contributed by atoms with Gasteiger partial charge >= 0.3 is 6.03 Å². The lowest BCUT2D eigenvalue weighted by molar-refractivity contribution is -0.00425. The number of morpholine rings is 1. The number of benzene rings is 1. The summed E-state index contributed by atoms with van der Waals surface area (Å²) in [4.78, 5) is 17.6. The fraction of sp³-hybridized carbons (Fsp3) is 0.526. The van der Waals surface area contributed by atoms with Crippen LogP contribution in [0.1, 0.15) is 24.5 Å². The third-order valence-corrected chi connectivity index (χ3v) is 4.78. The van der Waals surface area contributed by atoms with Gasteiger partial charge in [-0.2, -0.15) is 0 Å². The minimum atomic E-state index is -0.448. The molecule has 2 amide bonds. The van der Waals surface area contributed by atoms with Crippen molar-refractivity contribution in [3.63, 3.8) is 0 Å². The number of para-hydroxylation sites is 1. The molecule has 0 spiro atoms. The summed E-state index contributed by atoms with van der Waals surface area (Å²) >= 11 is 0. The van der Waals surface area contributed by atoms with E-state index in [9.17, 15) is 9.90 Å². The van der Waals surface area contributed by atoms with E-state index in [-0.39, 0.29) is 12.1 Å². The third kappa shape index (κ3) is 4.14. The molecule has 0 saturated carbocycles. The van der Waals surface area contributed by atoms with E-state index < -0.39 is 6.10 Å². The van der Waals surface area contributed by atoms with Gasteiger partial charge in [0.05, 0.1) is 25.4 Å². The Morgan fingerprint density at radius 2 is 2.36 bits per heavy atom. The van der Waals surface area contributed by atoms with Crippen LogP contribution in [-0.2, 0) is 11.2 Å². The van der Waals surface area contributed by atoms with Crippen LogP contribution in [0.25, 0.3) is 10.9 Å². The van der Waals surface area contributed by atoms with Gasteiger partial charge in [0.1, 0.15) is 0 Å². The van der Waals surface area contributed by atoms with Gasteiger partial charge in [0, 0.05) is 30.2 Å². The Morgan fingerprint density at radius 3 is 3.16 bits per heavy atom. The second kappa shape index (κ2) is 7.89. The molecule has 0 radical (unpaired) electrons. The number of amides is 2. The van der Waals surface area contributed by atoms with Gasteiger partial charge in [-0.25, -0.2) is 4.79 Å². The lowest BCUT2D eigenvalue weighted by Gasteiger charge is -2.36. The van der Waals surface area contributed by atoms with Crippen molar-refractivity contribution in [3.8, 4) is 0 Å². The van der Waals surface area contributed by atoms with Crippen molar-refractivity contribution < 1.29 is 14.6 Å². The van der Waals surface area contributed by atoms with Crippen LogP contribution in [0.2, 0.25) is 0 Å². The zero-order chi connectivity index (χ0) is 17.8. The number of fused-ring (bicyclic) bond motifs is 1. The first-order valence-electron chi connectivity index (χ1n) is 8.92. The Morgan fingerprint density at radius 1 is 1.52 bits per heavy atom. The van der Waals surface area contributed by atoms with Crippen LogP contribution < -0.4 is 5.32 Å². The van der Waals surface area contributed by atoms with Crippen LogP contribution in [0.5, 0.6) is 0 Å². The quantitative estimate of drug-likeness (QED) is 0.777. The van der Waals surface area contributed by atoms with E-state index in [1.54, 1.807) is 11.8 Å². The molecule has 2 heterocycles. The van der Waals surface area contributed by atoms with Crippen molar-refractivity contribution in [1.82, 2.24) is 15.2 Å². The van der Waals surface area contributed by atoms with Gasteiger partial charge in [-0.1, -0.05) is 18.2 Å². The molecule has 3 rings (SSSR count). The van der Waals surface area contributed by atoms with Crippen LogP contribution in [0.15, 0.2) is 24.4 Å². The molecule has 25 heavy (non-hydrogen) atoms. The third-order valence-electron chi connectivity index (χ3n) is 4.78. The first kappa shape index (κ1) is 17.8. The van der Waals surface area contributed by atoms with Gasteiger partial charge in [-0.3, -0.25) is 0 Å². The van der Waals surface area contributed by atoms with Crippen molar-refractivity contribution in [2.24, 2.45) is 0 Å². The minimum Gasteiger partial charge on any atom is -0.393 e. The predicted molar refractivity (Wildman–Crippen MR) is 97.7 cm³/mol. The van der Waals surface area contributed by atoms with Crippen molar-refractivity contribution >= 4 is 16.9 Å². The number of aliphatic hydroxyl groups excluding tert-OH is 1. The summed E-state index contributed by atoms with van der Waals surface area (Å²) in [7, 11) is 0. The second-order valence-electron chi connectivity index (χ2n) is 6.80. The van der Waals surface area contributed by atoms with Crippen LogP contribution in [-0.4, -0.2) is 59.5 Å². The molecule has 1 aromatic heterocycles. The largest absolute Gasteiger partial charge is 0.393 e. The van der Waals surface area contributed by atoms with Gasteiger partial charge in [-0.05, 0) is 37.8 Å². The number of carbonyl (C=O) groups is 1. The van der Waals surface area contributed by atoms with Gasteiger partial charge in [-0.15, -0.1) is 0 Å². The van der Waals surface area contributed by atoms with Crippen LogP contribution in [0.4, 0.5) is 4.79 Å². The first-order valence-corrected chi connectivity index (χ1v) is 8.92. The summed E-state index contributed by atoms with van der Waals surface area (Å²) < 4.78 is 5.45. The first-order chi connectivity index (χ1) is 12.1. The summed E-state index contributed by atoms with van der Waals surface area (Å²) in [5, 5.41) is 13.8. The Kier molecular flexibility index (Phi) is 5.60. The van der Waals surface area contributed by atoms with E-state index in [4.69, 9.17) is 4.74 Å². The standard InChI is InChI=1S/C19H27N3O3/c1-13-4-3-5-17-15(11-21-18(13)17)6-7-20-19(24)22-8-9-25-12-16(22)10-14(2)23/h3-5,11,14,16,21,23H,6-10,12H2,1-2H3,(H,20,24)/t14-,16-/m0/s1. The average molecular weight is 345 g/mol. The fourth-order valence-corrected chi connectivity index (χ4v) is 3.49. The molecule has 0 aliphatic carbocycles. The molecule has 3 N–H and O–H groups in total. The number of aryl methyl sites for hydroxylation is 1. The van der Waals surface area contributed by atoms with E-state index in [2.05, 4.69) is 35.4 Å². The number of ether oxygens (including phenoxy) is 1. The van der Waals surface area contributed by atoms with E-state index >= 15 is 0 Å². The SMILES string of the molecule is Cc1cccc2c(CCNC(=O)N3CCOC[C@@H]3C[C@H](C)O)c[nH]c12. The Labute approximate surface area is 148 Å². The number of urea groups is 1. The van der Waals surface area contributed by atoms with Crippen LogP contribution in [0, 0.1) is 6.92 Å². The van der Waals surface area contributed by atoms with Gasteiger partial charge < -0.3 is 25.0 Å². The lowest BCUT2D eigenvalue weighted by Crippen LogP contribution is -2.53. The Bertz CT molecular complexity index is 726. The van der Waals surface area contributed by atoms with Crippen LogP contribution in [0.3, 0.4) is 0 Å². The maximum Gasteiger partial charge on any atom is 0.317 e. The number of aliphatic hydroxyl groups is 1.